The molecule has 6 heteroatoms. The summed E-state index contributed by atoms with van der Waals surface area (Å²) in [6.45, 7) is 4.73. The number of hydrogen-bond acceptors (Lipinski definition) is 3. The molecule has 25 heavy (non-hydrogen) atoms. The Morgan fingerprint density at radius 1 is 1.12 bits per heavy atom. The fraction of sp³-hybridized carbons (Fsp3) is 0.316. The zero-order valence-corrected chi connectivity index (χ0v) is 15.8. The van der Waals surface area contributed by atoms with Gasteiger partial charge in [0.1, 0.15) is 5.75 Å². The van der Waals surface area contributed by atoms with E-state index in [4.69, 9.17) is 28.6 Å². The van der Waals surface area contributed by atoms with E-state index in [0.29, 0.717) is 0 Å². The zero-order chi connectivity index (χ0) is 17.6. The summed E-state index contributed by atoms with van der Waals surface area (Å²) in [5, 5.41) is 4.86. The van der Waals surface area contributed by atoms with E-state index in [0.717, 1.165) is 54.3 Å². The van der Waals surface area contributed by atoms with Gasteiger partial charge in [-0.05, 0) is 54.2 Å². The second-order valence-electron chi connectivity index (χ2n) is 6.05. The van der Waals surface area contributed by atoms with Crippen LogP contribution in [-0.4, -0.2) is 48.2 Å². The van der Waals surface area contributed by atoms with E-state index in [2.05, 4.69) is 21.2 Å². The monoisotopic (exact) mass is 375 g/mol. The molecule has 0 spiro atoms. The summed E-state index contributed by atoms with van der Waals surface area (Å²) >= 11 is 11.6. The normalized spacial score (nSPS) is 15.0. The lowest BCUT2D eigenvalue weighted by molar-refractivity contribution is 0.177. The van der Waals surface area contributed by atoms with Crippen molar-refractivity contribution < 1.29 is 4.74 Å². The second kappa shape index (κ2) is 8.52. The molecule has 1 N–H and O–H groups in total. The molecule has 4 nitrogen and oxygen atoms in total. The average molecular weight is 376 g/mol. The summed E-state index contributed by atoms with van der Waals surface area (Å²) in [4.78, 5) is 4.65. The third-order valence-electron chi connectivity index (χ3n) is 4.30. The molecule has 0 amide bonds. The molecule has 0 radical (unpaired) electrons. The molecule has 1 aliphatic rings. The molecule has 2 aromatic carbocycles. The first-order valence-corrected chi connectivity index (χ1v) is 9.09. The van der Waals surface area contributed by atoms with E-state index in [9.17, 15) is 0 Å². The summed E-state index contributed by atoms with van der Waals surface area (Å²) < 4.78 is 5.17. The molecule has 0 saturated carbocycles. The van der Waals surface area contributed by atoms with Gasteiger partial charge in [0.25, 0.3) is 0 Å². The highest BCUT2D eigenvalue weighted by molar-refractivity contribution is 7.80. The molecule has 132 valence electrons. The van der Waals surface area contributed by atoms with E-state index >= 15 is 0 Å². The van der Waals surface area contributed by atoms with Crippen molar-refractivity contribution in [2.45, 2.75) is 6.54 Å². The molecule has 3 rings (SSSR count). The van der Waals surface area contributed by atoms with Gasteiger partial charge in [-0.2, -0.15) is 0 Å². The van der Waals surface area contributed by atoms with Gasteiger partial charge in [-0.25, -0.2) is 0 Å². The van der Waals surface area contributed by atoms with Gasteiger partial charge in [0.2, 0.25) is 0 Å². The number of anilines is 1. The van der Waals surface area contributed by atoms with Crippen molar-refractivity contribution in [3.05, 3.63) is 59.1 Å². The summed E-state index contributed by atoms with van der Waals surface area (Å²) in [6.07, 6.45) is 0. The maximum atomic E-state index is 6.06. The Kier molecular flexibility index (Phi) is 6.13. The number of hydrogen-bond donors (Lipinski definition) is 1. The van der Waals surface area contributed by atoms with Crippen molar-refractivity contribution in [2.75, 3.05) is 38.6 Å². The topological polar surface area (TPSA) is 27.7 Å². The minimum Gasteiger partial charge on any atom is -0.497 e. The van der Waals surface area contributed by atoms with Gasteiger partial charge in [-0.1, -0.05) is 23.7 Å². The lowest BCUT2D eigenvalue weighted by atomic mass is 10.2. The Morgan fingerprint density at radius 3 is 2.48 bits per heavy atom. The van der Waals surface area contributed by atoms with Crippen LogP contribution >= 0.6 is 23.8 Å². The Labute approximate surface area is 159 Å². The van der Waals surface area contributed by atoms with Crippen LogP contribution in [0.15, 0.2) is 48.5 Å². The Hall–Kier alpha value is -1.82. The van der Waals surface area contributed by atoms with Crippen molar-refractivity contribution >= 4 is 34.6 Å². The first kappa shape index (κ1) is 18.0. The minimum atomic E-state index is 0.771. The number of piperazine rings is 1. The van der Waals surface area contributed by atoms with Crippen LogP contribution in [0.4, 0.5) is 5.69 Å². The lowest BCUT2D eigenvalue weighted by Crippen LogP contribution is -2.49. The first-order chi connectivity index (χ1) is 12.1. The summed E-state index contributed by atoms with van der Waals surface area (Å²) in [5.41, 5.74) is 2.23. The number of halogens is 1. The molecule has 1 saturated heterocycles. The predicted octanol–water partition coefficient (Wildman–Crippen LogP) is 3.86. The fourth-order valence-corrected chi connectivity index (χ4v) is 3.39. The van der Waals surface area contributed by atoms with Gasteiger partial charge in [0.15, 0.2) is 5.11 Å². The number of nitrogens with one attached hydrogen (secondary N) is 1. The Morgan fingerprint density at radius 2 is 1.84 bits per heavy atom. The van der Waals surface area contributed by atoms with Gasteiger partial charge in [-0.15, -0.1) is 0 Å². The minimum absolute atomic E-state index is 0.771. The summed E-state index contributed by atoms with van der Waals surface area (Å²) in [5.74, 6) is 0.839. The maximum Gasteiger partial charge on any atom is 0.173 e. The van der Waals surface area contributed by atoms with Crippen LogP contribution in [0.2, 0.25) is 5.02 Å². The Bertz CT molecular complexity index is 715. The largest absolute Gasteiger partial charge is 0.497 e. The van der Waals surface area contributed by atoms with Crippen LogP contribution in [0.5, 0.6) is 5.75 Å². The van der Waals surface area contributed by atoms with E-state index < -0.39 is 0 Å². The van der Waals surface area contributed by atoms with E-state index in [-0.39, 0.29) is 0 Å². The van der Waals surface area contributed by atoms with Gasteiger partial charge < -0.3 is 15.0 Å². The number of rotatable bonds is 4. The number of ether oxygens (including phenoxy) is 1. The fourth-order valence-electron chi connectivity index (χ4n) is 2.88. The van der Waals surface area contributed by atoms with Crippen LogP contribution in [0, 0.1) is 0 Å². The van der Waals surface area contributed by atoms with E-state index in [1.807, 2.05) is 42.5 Å². The highest BCUT2D eigenvalue weighted by atomic mass is 35.5. The number of methoxy groups -OCH3 is 1. The van der Waals surface area contributed by atoms with Crippen LogP contribution in [-0.2, 0) is 6.54 Å². The first-order valence-electron chi connectivity index (χ1n) is 8.31. The number of thiocarbonyl (C=S) groups is 1. The van der Waals surface area contributed by atoms with Crippen molar-refractivity contribution in [2.24, 2.45) is 0 Å². The molecular weight excluding hydrogens is 354 g/mol. The van der Waals surface area contributed by atoms with Crippen molar-refractivity contribution in [3.63, 3.8) is 0 Å². The van der Waals surface area contributed by atoms with Crippen molar-refractivity contribution in [1.82, 2.24) is 9.80 Å². The SMILES string of the molecule is COc1ccc(NC(=S)N2CCN(Cc3cccc(Cl)c3)CC2)cc1. The van der Waals surface area contributed by atoms with Crippen LogP contribution < -0.4 is 10.1 Å². The molecule has 0 atom stereocenters. The average Bonchev–Trinajstić information content (AvgIpc) is 2.63. The van der Waals surface area contributed by atoms with Crippen LogP contribution in [0.3, 0.4) is 0 Å². The van der Waals surface area contributed by atoms with Gasteiger partial charge in [0, 0.05) is 43.4 Å². The van der Waals surface area contributed by atoms with E-state index in [1.54, 1.807) is 7.11 Å². The second-order valence-corrected chi connectivity index (χ2v) is 6.87. The lowest BCUT2D eigenvalue weighted by Gasteiger charge is -2.36. The number of nitrogens with zero attached hydrogens (tertiary/aromatic N) is 2. The van der Waals surface area contributed by atoms with Crippen LogP contribution in [0.1, 0.15) is 5.56 Å². The van der Waals surface area contributed by atoms with Crippen molar-refractivity contribution in [3.8, 4) is 5.75 Å². The quantitative estimate of drug-likeness (QED) is 0.819. The molecular formula is C19H22ClN3OS. The molecule has 0 bridgehead atoms. The molecule has 0 aromatic heterocycles. The Balaban J connectivity index is 1.48. The molecule has 2 aromatic rings. The molecule has 1 aliphatic heterocycles. The highest BCUT2D eigenvalue weighted by Crippen LogP contribution is 2.17. The standard InChI is InChI=1S/C19H22ClN3OS/c1-24-18-7-5-17(6-8-18)21-19(25)23-11-9-22(10-12-23)14-15-3-2-4-16(20)13-15/h2-8,13H,9-12,14H2,1H3,(H,21,25). The third-order valence-corrected chi connectivity index (χ3v) is 4.89. The maximum absolute atomic E-state index is 6.06. The summed E-state index contributed by atoms with van der Waals surface area (Å²) in [6, 6.07) is 15.9. The number of benzene rings is 2. The van der Waals surface area contributed by atoms with Gasteiger partial charge >= 0.3 is 0 Å². The van der Waals surface area contributed by atoms with E-state index in [1.165, 1.54) is 5.56 Å². The van der Waals surface area contributed by atoms with Gasteiger partial charge in [0.05, 0.1) is 7.11 Å². The summed E-state index contributed by atoms with van der Waals surface area (Å²) in [7, 11) is 1.66. The molecule has 0 unspecified atom stereocenters. The van der Waals surface area contributed by atoms with Gasteiger partial charge in [-0.3, -0.25) is 4.90 Å². The molecule has 0 aliphatic carbocycles. The zero-order valence-electron chi connectivity index (χ0n) is 14.2. The third kappa shape index (κ3) is 5.08. The smallest absolute Gasteiger partial charge is 0.173 e. The van der Waals surface area contributed by atoms with Crippen LogP contribution in [0.25, 0.3) is 0 Å². The highest BCUT2D eigenvalue weighted by Gasteiger charge is 2.19. The van der Waals surface area contributed by atoms with Crippen molar-refractivity contribution in [1.29, 1.82) is 0 Å². The molecule has 1 heterocycles. The molecule has 1 fully saturated rings. The predicted molar refractivity (Wildman–Crippen MR) is 108 cm³/mol.